The number of sulfonamides is 1. The van der Waals surface area contributed by atoms with Gasteiger partial charge in [0.2, 0.25) is 15.9 Å². The molecular weight excluding hydrogens is 256 g/mol. The fraction of sp³-hybridized carbons (Fsp3) is 0.909. The Bertz CT molecular complexity index is 403. The van der Waals surface area contributed by atoms with E-state index in [2.05, 4.69) is 0 Å². The molecule has 18 heavy (non-hydrogen) atoms. The summed E-state index contributed by atoms with van der Waals surface area (Å²) in [4.78, 5) is 13.8. The van der Waals surface area contributed by atoms with Gasteiger partial charge >= 0.3 is 0 Å². The van der Waals surface area contributed by atoms with E-state index >= 15 is 0 Å². The second kappa shape index (κ2) is 5.54. The summed E-state index contributed by atoms with van der Waals surface area (Å²) in [5.74, 6) is 0.286. The number of morpholine rings is 1. The molecule has 1 amide bonds. The summed E-state index contributed by atoms with van der Waals surface area (Å²) in [6.45, 7) is 3.54. The zero-order valence-electron chi connectivity index (χ0n) is 10.7. The smallest absolute Gasteiger partial charge is 0.223 e. The highest BCUT2D eigenvalue weighted by molar-refractivity contribution is 7.88. The molecule has 2 aliphatic heterocycles. The monoisotopic (exact) mass is 276 g/mol. The van der Waals surface area contributed by atoms with Crippen LogP contribution in [0, 0.1) is 5.92 Å². The molecule has 7 heteroatoms. The summed E-state index contributed by atoms with van der Waals surface area (Å²) in [7, 11) is -3.11. The van der Waals surface area contributed by atoms with Crippen molar-refractivity contribution in [2.24, 2.45) is 5.92 Å². The van der Waals surface area contributed by atoms with E-state index in [0.29, 0.717) is 45.8 Å². The van der Waals surface area contributed by atoms with Crippen LogP contribution in [0.25, 0.3) is 0 Å². The standard InChI is InChI=1S/C11H20N2O4S/c1-18(15,16)13-3-2-10(9-13)8-11(14)12-4-6-17-7-5-12/h10H,2-9H2,1H3. The van der Waals surface area contributed by atoms with Crippen LogP contribution in [0.2, 0.25) is 0 Å². The van der Waals surface area contributed by atoms with Crippen LogP contribution in [0.5, 0.6) is 0 Å². The molecule has 2 heterocycles. The predicted octanol–water partition coefficient (Wildman–Crippen LogP) is -0.483. The quantitative estimate of drug-likeness (QED) is 0.698. The summed E-state index contributed by atoms with van der Waals surface area (Å²) in [5.41, 5.74) is 0. The zero-order valence-corrected chi connectivity index (χ0v) is 11.5. The number of carbonyl (C=O) groups is 1. The fourth-order valence-electron chi connectivity index (χ4n) is 2.45. The topological polar surface area (TPSA) is 66.9 Å². The number of rotatable bonds is 3. The van der Waals surface area contributed by atoms with Crippen molar-refractivity contribution >= 4 is 15.9 Å². The fourth-order valence-corrected chi connectivity index (χ4v) is 3.37. The van der Waals surface area contributed by atoms with Gasteiger partial charge in [0.25, 0.3) is 0 Å². The van der Waals surface area contributed by atoms with Crippen LogP contribution in [-0.4, -0.2) is 69.2 Å². The van der Waals surface area contributed by atoms with Gasteiger partial charge in [0.15, 0.2) is 0 Å². The molecule has 2 fully saturated rings. The average Bonchev–Trinajstić information content (AvgIpc) is 2.78. The molecule has 1 unspecified atom stereocenters. The van der Waals surface area contributed by atoms with Crippen LogP contribution in [0.3, 0.4) is 0 Å². The van der Waals surface area contributed by atoms with Gasteiger partial charge in [-0.1, -0.05) is 0 Å². The number of ether oxygens (including phenoxy) is 1. The van der Waals surface area contributed by atoms with E-state index < -0.39 is 10.0 Å². The first-order valence-corrected chi connectivity index (χ1v) is 8.12. The average molecular weight is 276 g/mol. The van der Waals surface area contributed by atoms with Crippen molar-refractivity contribution in [3.63, 3.8) is 0 Å². The number of hydrogen-bond donors (Lipinski definition) is 0. The van der Waals surface area contributed by atoms with Crippen molar-refractivity contribution < 1.29 is 17.9 Å². The lowest BCUT2D eigenvalue weighted by molar-refractivity contribution is -0.136. The van der Waals surface area contributed by atoms with Gasteiger partial charge in [-0.3, -0.25) is 4.79 Å². The first-order chi connectivity index (χ1) is 8.47. The van der Waals surface area contributed by atoms with Gasteiger partial charge in [0.1, 0.15) is 0 Å². The minimum atomic E-state index is -3.11. The van der Waals surface area contributed by atoms with Crippen molar-refractivity contribution in [1.29, 1.82) is 0 Å². The van der Waals surface area contributed by atoms with Gasteiger partial charge in [0.05, 0.1) is 19.5 Å². The van der Waals surface area contributed by atoms with E-state index in [4.69, 9.17) is 4.74 Å². The molecule has 0 spiro atoms. The third kappa shape index (κ3) is 3.43. The van der Waals surface area contributed by atoms with E-state index in [-0.39, 0.29) is 11.8 Å². The normalized spacial score (nSPS) is 26.5. The number of carbonyl (C=O) groups excluding carboxylic acids is 1. The lowest BCUT2D eigenvalue weighted by Gasteiger charge is -2.27. The van der Waals surface area contributed by atoms with Gasteiger partial charge in [-0.15, -0.1) is 0 Å². The van der Waals surface area contributed by atoms with Crippen molar-refractivity contribution in [2.75, 3.05) is 45.6 Å². The predicted molar refractivity (Wildman–Crippen MR) is 66.5 cm³/mol. The van der Waals surface area contributed by atoms with E-state index in [1.54, 1.807) is 0 Å². The Labute approximate surface area is 108 Å². The van der Waals surface area contributed by atoms with Gasteiger partial charge < -0.3 is 9.64 Å². The highest BCUT2D eigenvalue weighted by atomic mass is 32.2. The van der Waals surface area contributed by atoms with E-state index in [0.717, 1.165) is 6.42 Å². The first kappa shape index (κ1) is 13.8. The van der Waals surface area contributed by atoms with Crippen LogP contribution in [0.1, 0.15) is 12.8 Å². The molecule has 0 radical (unpaired) electrons. The molecule has 1 atom stereocenters. The number of hydrogen-bond acceptors (Lipinski definition) is 4. The van der Waals surface area contributed by atoms with E-state index in [1.807, 2.05) is 4.90 Å². The maximum Gasteiger partial charge on any atom is 0.223 e. The zero-order chi connectivity index (χ0) is 13.2. The second-order valence-electron chi connectivity index (χ2n) is 4.97. The van der Waals surface area contributed by atoms with Gasteiger partial charge in [-0.05, 0) is 12.3 Å². The Morgan fingerprint density at radius 3 is 2.50 bits per heavy atom. The molecule has 0 N–H and O–H groups in total. The van der Waals surface area contributed by atoms with Gasteiger partial charge in [0, 0.05) is 32.6 Å². The molecule has 0 saturated carbocycles. The largest absolute Gasteiger partial charge is 0.378 e. The minimum Gasteiger partial charge on any atom is -0.378 e. The summed E-state index contributed by atoms with van der Waals surface area (Å²) in [5, 5.41) is 0. The van der Waals surface area contributed by atoms with Crippen molar-refractivity contribution in [2.45, 2.75) is 12.8 Å². The second-order valence-corrected chi connectivity index (χ2v) is 6.96. The lowest BCUT2D eigenvalue weighted by atomic mass is 10.0. The van der Waals surface area contributed by atoms with Gasteiger partial charge in [-0.2, -0.15) is 0 Å². The van der Waals surface area contributed by atoms with Crippen LogP contribution in [0.15, 0.2) is 0 Å². The maximum atomic E-state index is 12.0. The van der Waals surface area contributed by atoms with Crippen molar-refractivity contribution in [1.82, 2.24) is 9.21 Å². The molecule has 0 aromatic carbocycles. The maximum absolute atomic E-state index is 12.0. The number of nitrogens with zero attached hydrogens (tertiary/aromatic N) is 2. The van der Waals surface area contributed by atoms with Crippen molar-refractivity contribution in [3.05, 3.63) is 0 Å². The molecule has 0 aromatic rings. The Hall–Kier alpha value is -0.660. The first-order valence-electron chi connectivity index (χ1n) is 6.27. The molecule has 0 bridgehead atoms. The Balaban J connectivity index is 1.82. The Kier molecular flexibility index (Phi) is 4.24. The highest BCUT2D eigenvalue weighted by Gasteiger charge is 2.31. The van der Waals surface area contributed by atoms with E-state index in [1.165, 1.54) is 10.6 Å². The molecule has 2 saturated heterocycles. The Morgan fingerprint density at radius 1 is 1.28 bits per heavy atom. The summed E-state index contributed by atoms with van der Waals surface area (Å²) in [6, 6.07) is 0. The van der Waals surface area contributed by atoms with Crippen molar-refractivity contribution in [3.8, 4) is 0 Å². The number of amides is 1. The third-order valence-corrected chi connectivity index (χ3v) is 4.81. The Morgan fingerprint density at radius 2 is 1.94 bits per heavy atom. The molecular formula is C11H20N2O4S. The molecule has 0 aliphatic carbocycles. The minimum absolute atomic E-state index is 0.124. The summed E-state index contributed by atoms with van der Waals surface area (Å²) < 4.78 is 29.4. The van der Waals surface area contributed by atoms with Crippen LogP contribution < -0.4 is 0 Å². The lowest BCUT2D eigenvalue weighted by Crippen LogP contribution is -2.41. The van der Waals surface area contributed by atoms with Crippen LogP contribution in [-0.2, 0) is 19.6 Å². The van der Waals surface area contributed by atoms with Gasteiger partial charge in [-0.25, -0.2) is 12.7 Å². The SMILES string of the molecule is CS(=O)(=O)N1CCC(CC(=O)N2CCOCC2)C1. The molecule has 2 aliphatic rings. The summed E-state index contributed by atoms with van der Waals surface area (Å²) in [6.07, 6.45) is 2.45. The third-order valence-electron chi connectivity index (χ3n) is 3.54. The van der Waals surface area contributed by atoms with E-state index in [9.17, 15) is 13.2 Å². The molecule has 104 valence electrons. The molecule has 6 nitrogen and oxygen atoms in total. The highest BCUT2D eigenvalue weighted by Crippen LogP contribution is 2.22. The van der Waals surface area contributed by atoms with Crippen LogP contribution >= 0.6 is 0 Å². The summed E-state index contributed by atoms with van der Waals surface area (Å²) >= 11 is 0. The van der Waals surface area contributed by atoms with Crippen LogP contribution in [0.4, 0.5) is 0 Å². The molecule has 2 rings (SSSR count). The molecule has 0 aromatic heterocycles.